The Balaban J connectivity index is 1.38. The molecule has 0 fully saturated rings. The quantitative estimate of drug-likeness (QED) is 0.179. The molecule has 0 spiro atoms. The summed E-state index contributed by atoms with van der Waals surface area (Å²) in [6, 6.07) is -20.8. The van der Waals surface area contributed by atoms with E-state index in [0.717, 1.165) is 0 Å². The molecule has 9 aromatic rings. The second kappa shape index (κ2) is 9.56. The first-order valence-corrected chi connectivity index (χ1v) is 14.2. The van der Waals surface area contributed by atoms with Crippen molar-refractivity contribution >= 4 is 54.9 Å². The molecule has 0 N–H and O–H groups in total. The van der Waals surface area contributed by atoms with Crippen molar-refractivity contribution in [2.45, 2.75) is 9.79 Å². The second-order valence-corrected chi connectivity index (χ2v) is 11.0. The van der Waals surface area contributed by atoms with E-state index in [1.807, 2.05) is 0 Å². The van der Waals surface area contributed by atoms with Gasteiger partial charge in [0.2, 0.25) is 0 Å². The van der Waals surface area contributed by atoms with Crippen molar-refractivity contribution in [1.29, 1.82) is 0 Å². The lowest BCUT2D eigenvalue weighted by Crippen LogP contribution is -1.95. The van der Waals surface area contributed by atoms with Crippen LogP contribution in [0.1, 0.15) is 35.6 Å². The number of rotatable bonds is 3. The lowest BCUT2D eigenvalue weighted by atomic mass is 9.88. The lowest BCUT2D eigenvalue weighted by Gasteiger charge is -2.22. The molecule has 1 aliphatic rings. The van der Waals surface area contributed by atoms with Gasteiger partial charge in [0.25, 0.3) is 0 Å². The Bertz CT molecular complexity index is 4030. The Kier molecular flexibility index (Phi) is 2.26. The first-order chi connectivity index (χ1) is 33.2. The largest absolute Gasteiger partial charge is 0.0888 e. The van der Waals surface area contributed by atoms with Crippen LogP contribution in [-0.4, -0.2) is 0 Å². The molecule has 0 aliphatic carbocycles. The normalized spacial score (nSPS) is 20.4. The van der Waals surface area contributed by atoms with Crippen LogP contribution < -0.4 is 0 Å². The molecule has 0 radical (unpaired) electrons. The van der Waals surface area contributed by atoms with Crippen LogP contribution in [0.25, 0.3) is 87.6 Å². The van der Waals surface area contributed by atoms with Gasteiger partial charge in [0.05, 0.1) is 35.6 Å². The highest BCUT2D eigenvalue weighted by Gasteiger charge is 2.22. The molecule has 1 heterocycles. The maximum atomic E-state index is 9.81. The number of fused-ring (bicyclic) bond motifs is 2. The standard InChI is InChI=1S/C44H26S/c1-2-7-27(8-3-1)31-19-23-40-39(26-31)37-14-6-13-36-35(22-24-41(45-40)44(36)37)33-12-5-11-32(25-33)34-20-17-30-16-15-28-9-4-10-29-18-21-38(34)43(30)42(28)29/h1-26H/i1D,2D,3D,4D,5D,6D,7D,8D,9D,10D,11D,12D,13D,14D,15D,16D,17D,18D,19D,20D,21D,22D,23D,24D,25D,26D. The van der Waals surface area contributed by atoms with E-state index in [1.165, 1.54) is 0 Å². The van der Waals surface area contributed by atoms with Crippen LogP contribution in [0.3, 0.4) is 0 Å². The smallest absolute Gasteiger partial charge is 0.0636 e. The van der Waals surface area contributed by atoms with Crippen molar-refractivity contribution in [1.82, 2.24) is 0 Å². The minimum atomic E-state index is -0.987. The summed E-state index contributed by atoms with van der Waals surface area (Å²) in [6.07, 6.45) is 0. The summed E-state index contributed by atoms with van der Waals surface area (Å²) in [5.41, 5.74) is -4.83. The minimum Gasteiger partial charge on any atom is -0.0888 e. The first kappa shape index (κ1) is 10.6. The average molecular weight is 613 g/mol. The van der Waals surface area contributed by atoms with Crippen molar-refractivity contribution in [2.24, 2.45) is 0 Å². The predicted molar refractivity (Wildman–Crippen MR) is 194 cm³/mol. The van der Waals surface area contributed by atoms with Gasteiger partial charge in [-0.15, -0.1) is 0 Å². The molecule has 9 aromatic carbocycles. The maximum Gasteiger partial charge on any atom is 0.0636 e. The molecular formula is C44H26S. The highest BCUT2D eigenvalue weighted by Crippen LogP contribution is 2.51. The number of hydrogen-bond acceptors (Lipinski definition) is 1. The molecule has 0 saturated heterocycles. The molecule has 0 unspecified atom stereocenters. The number of hydrogen-bond donors (Lipinski definition) is 0. The summed E-state index contributed by atoms with van der Waals surface area (Å²) >= 11 is 0.576. The summed E-state index contributed by atoms with van der Waals surface area (Å²) in [4.78, 5) is -0.486. The number of benzene rings is 9. The molecule has 10 rings (SSSR count). The SMILES string of the molecule is [2H]c1c([2H])c([2H])c(-c2c([2H])c([2H])c3c(c2[2H])-c2c([2H])c([2H])c([2H])c4c(-c5c([2H])c([2H])c([2H])c(-c6c([2H])c([2H])c7c([2H])c([2H])c8c([2H])c([2H])c([2H])c9c([2H])c([2H])c6c7c89)c5[2H])c([2H])c([2H])c(c24)S3)c([2H])c1[2H]. The summed E-state index contributed by atoms with van der Waals surface area (Å²) in [5, 5.41) is -3.03. The monoisotopic (exact) mass is 612 g/mol. The molecule has 0 aromatic heterocycles. The van der Waals surface area contributed by atoms with Crippen molar-refractivity contribution in [3.63, 3.8) is 0 Å². The Labute approximate surface area is 302 Å². The van der Waals surface area contributed by atoms with E-state index < -0.39 is 212 Å². The van der Waals surface area contributed by atoms with E-state index in [4.69, 9.17) is 20.6 Å². The molecule has 208 valence electrons. The summed E-state index contributed by atoms with van der Waals surface area (Å²) < 4.78 is 234. The van der Waals surface area contributed by atoms with Crippen LogP contribution in [0.15, 0.2) is 167 Å². The second-order valence-electron chi connectivity index (χ2n) is 10.0. The van der Waals surface area contributed by atoms with Crippen molar-refractivity contribution < 1.29 is 35.6 Å². The molecule has 0 atom stereocenters. The summed E-state index contributed by atoms with van der Waals surface area (Å²) in [5.74, 6) is 0. The fraction of sp³-hybridized carbons (Fsp3) is 0. The summed E-state index contributed by atoms with van der Waals surface area (Å²) in [7, 11) is 0. The zero-order valence-corrected chi connectivity index (χ0v) is 23.2. The van der Waals surface area contributed by atoms with E-state index in [1.54, 1.807) is 0 Å². The Morgan fingerprint density at radius 3 is 1.78 bits per heavy atom. The van der Waals surface area contributed by atoms with E-state index >= 15 is 0 Å². The Morgan fingerprint density at radius 2 is 0.956 bits per heavy atom. The van der Waals surface area contributed by atoms with Crippen LogP contribution in [-0.2, 0) is 0 Å². The van der Waals surface area contributed by atoms with Crippen LogP contribution in [0, 0.1) is 0 Å². The third kappa shape index (κ3) is 3.75. The molecule has 0 amide bonds. The third-order valence-corrected chi connectivity index (χ3v) is 8.59. The molecule has 0 nitrogen and oxygen atoms in total. The van der Waals surface area contributed by atoms with Crippen LogP contribution in [0.5, 0.6) is 0 Å². The minimum absolute atomic E-state index is 0.234. The van der Waals surface area contributed by atoms with Gasteiger partial charge in [0, 0.05) is 15.2 Å². The van der Waals surface area contributed by atoms with E-state index in [-0.39, 0.29) is 42.3 Å². The van der Waals surface area contributed by atoms with Gasteiger partial charge in [0.15, 0.2) is 0 Å². The first-order valence-electron chi connectivity index (χ1n) is 26.4. The molecule has 0 bridgehead atoms. The van der Waals surface area contributed by atoms with Gasteiger partial charge in [-0.05, 0) is 106 Å². The van der Waals surface area contributed by atoms with E-state index in [9.17, 15) is 15.1 Å². The highest BCUT2D eigenvalue weighted by atomic mass is 32.2. The molecule has 0 saturated carbocycles. The Hall–Kier alpha value is -5.37. The molecular weight excluding hydrogens is 561 g/mol. The van der Waals surface area contributed by atoms with Gasteiger partial charge in [-0.1, -0.05) is 145 Å². The molecule has 1 aliphatic heterocycles. The Morgan fingerprint density at radius 1 is 0.333 bits per heavy atom. The van der Waals surface area contributed by atoms with Gasteiger partial charge in [-0.25, -0.2) is 0 Å². The molecule has 45 heavy (non-hydrogen) atoms. The highest BCUT2D eigenvalue weighted by molar-refractivity contribution is 7.99. The van der Waals surface area contributed by atoms with Gasteiger partial charge < -0.3 is 0 Å². The lowest BCUT2D eigenvalue weighted by molar-refractivity contribution is 1.39. The van der Waals surface area contributed by atoms with E-state index in [0.29, 0.717) is 11.8 Å². The van der Waals surface area contributed by atoms with Crippen LogP contribution in [0.4, 0.5) is 0 Å². The van der Waals surface area contributed by atoms with E-state index in [2.05, 4.69) is 0 Å². The zero-order valence-electron chi connectivity index (χ0n) is 48.4. The zero-order chi connectivity index (χ0) is 52.1. The van der Waals surface area contributed by atoms with Crippen LogP contribution >= 0.6 is 11.8 Å². The van der Waals surface area contributed by atoms with Crippen molar-refractivity contribution in [2.75, 3.05) is 0 Å². The fourth-order valence-electron chi connectivity index (χ4n) is 5.61. The van der Waals surface area contributed by atoms with Gasteiger partial charge >= 0.3 is 0 Å². The fourth-order valence-corrected chi connectivity index (χ4v) is 6.58. The van der Waals surface area contributed by atoms with Crippen molar-refractivity contribution in [3.8, 4) is 44.5 Å². The maximum absolute atomic E-state index is 9.81. The summed E-state index contributed by atoms with van der Waals surface area (Å²) in [6.45, 7) is 0. The average Bonchev–Trinajstić information content (AvgIpc) is 3.33. The third-order valence-electron chi connectivity index (χ3n) is 7.57. The predicted octanol–water partition coefficient (Wildman–Crippen LogP) is 12.9. The topological polar surface area (TPSA) is 0 Å². The van der Waals surface area contributed by atoms with Crippen molar-refractivity contribution in [3.05, 3.63) is 157 Å². The molecule has 1 heteroatoms. The van der Waals surface area contributed by atoms with Gasteiger partial charge in [0.1, 0.15) is 0 Å². The van der Waals surface area contributed by atoms with Gasteiger partial charge in [-0.2, -0.15) is 0 Å². The van der Waals surface area contributed by atoms with Gasteiger partial charge in [-0.3, -0.25) is 0 Å². The van der Waals surface area contributed by atoms with Crippen LogP contribution in [0.2, 0.25) is 0 Å².